The SMILES string of the molecule is O=C(NCC(O)c1ccco1)C1COc2ccccc2C1. The van der Waals surface area contributed by atoms with Crippen molar-refractivity contribution in [1.82, 2.24) is 5.32 Å². The lowest BCUT2D eigenvalue weighted by atomic mass is 9.96. The normalized spacial score (nSPS) is 18.4. The molecule has 1 aromatic carbocycles. The van der Waals surface area contributed by atoms with Gasteiger partial charge >= 0.3 is 0 Å². The van der Waals surface area contributed by atoms with Crippen molar-refractivity contribution in [3.05, 3.63) is 54.0 Å². The van der Waals surface area contributed by atoms with Crippen LogP contribution in [0.25, 0.3) is 0 Å². The van der Waals surface area contributed by atoms with Gasteiger partial charge in [0.15, 0.2) is 0 Å². The minimum atomic E-state index is -0.833. The summed E-state index contributed by atoms with van der Waals surface area (Å²) in [6.07, 6.45) is 1.31. The first-order chi connectivity index (χ1) is 10.2. The van der Waals surface area contributed by atoms with Crippen molar-refractivity contribution < 1.29 is 19.1 Å². The second-order valence-corrected chi connectivity index (χ2v) is 5.10. The van der Waals surface area contributed by atoms with Gasteiger partial charge < -0.3 is 19.6 Å². The zero-order valence-corrected chi connectivity index (χ0v) is 11.5. The van der Waals surface area contributed by atoms with Crippen molar-refractivity contribution in [3.8, 4) is 5.75 Å². The zero-order valence-electron chi connectivity index (χ0n) is 11.5. The summed E-state index contributed by atoms with van der Waals surface area (Å²) in [6.45, 7) is 0.490. The average Bonchev–Trinajstić information content (AvgIpc) is 3.06. The van der Waals surface area contributed by atoms with Crippen molar-refractivity contribution in [2.75, 3.05) is 13.2 Å². The number of amides is 1. The predicted octanol–water partition coefficient (Wildman–Crippen LogP) is 1.68. The Bertz CT molecular complexity index is 608. The molecule has 2 heterocycles. The van der Waals surface area contributed by atoms with E-state index in [0.717, 1.165) is 11.3 Å². The Morgan fingerprint density at radius 1 is 1.33 bits per heavy atom. The van der Waals surface area contributed by atoms with E-state index in [1.54, 1.807) is 12.1 Å². The Labute approximate surface area is 122 Å². The van der Waals surface area contributed by atoms with E-state index in [1.807, 2.05) is 24.3 Å². The molecule has 0 aliphatic carbocycles. The summed E-state index contributed by atoms with van der Waals surface area (Å²) < 4.78 is 10.7. The quantitative estimate of drug-likeness (QED) is 0.897. The lowest BCUT2D eigenvalue weighted by Crippen LogP contribution is -2.39. The summed E-state index contributed by atoms with van der Waals surface area (Å²) in [5.74, 6) is 0.941. The number of nitrogens with one attached hydrogen (secondary N) is 1. The van der Waals surface area contributed by atoms with Gasteiger partial charge in [-0.1, -0.05) is 18.2 Å². The molecule has 1 aliphatic rings. The maximum atomic E-state index is 12.1. The van der Waals surface area contributed by atoms with E-state index >= 15 is 0 Å². The fourth-order valence-corrected chi connectivity index (χ4v) is 2.42. The van der Waals surface area contributed by atoms with E-state index in [-0.39, 0.29) is 18.4 Å². The third-order valence-corrected chi connectivity index (χ3v) is 3.59. The largest absolute Gasteiger partial charge is 0.492 e. The summed E-state index contributed by atoms with van der Waals surface area (Å²) in [7, 11) is 0. The van der Waals surface area contributed by atoms with Gasteiger partial charge in [0.2, 0.25) is 5.91 Å². The summed E-state index contributed by atoms with van der Waals surface area (Å²) in [6, 6.07) is 11.1. The molecule has 0 saturated heterocycles. The molecule has 1 aliphatic heterocycles. The smallest absolute Gasteiger partial charge is 0.226 e. The number of fused-ring (bicyclic) bond motifs is 1. The van der Waals surface area contributed by atoms with E-state index in [9.17, 15) is 9.90 Å². The summed E-state index contributed by atoms with van der Waals surface area (Å²) in [5, 5.41) is 12.6. The molecule has 2 aromatic rings. The van der Waals surface area contributed by atoms with E-state index in [1.165, 1.54) is 6.26 Å². The van der Waals surface area contributed by atoms with Crippen LogP contribution in [0.2, 0.25) is 0 Å². The molecular formula is C16H17NO4. The third kappa shape index (κ3) is 3.08. The topological polar surface area (TPSA) is 71.7 Å². The number of carbonyl (C=O) groups excluding carboxylic acids is 1. The summed E-state index contributed by atoms with van der Waals surface area (Å²) in [4.78, 5) is 12.1. The van der Waals surface area contributed by atoms with E-state index in [4.69, 9.17) is 9.15 Å². The molecule has 0 fully saturated rings. The van der Waals surface area contributed by atoms with E-state index in [2.05, 4.69) is 5.32 Å². The Hall–Kier alpha value is -2.27. The maximum absolute atomic E-state index is 12.1. The van der Waals surface area contributed by atoms with Gasteiger partial charge in [0, 0.05) is 0 Å². The standard InChI is InChI=1S/C16H17NO4/c18-13(15-6-3-7-20-15)9-17-16(19)12-8-11-4-1-2-5-14(11)21-10-12/h1-7,12-13,18H,8-10H2,(H,17,19). The highest BCUT2D eigenvalue weighted by atomic mass is 16.5. The monoisotopic (exact) mass is 287 g/mol. The third-order valence-electron chi connectivity index (χ3n) is 3.59. The molecule has 110 valence electrons. The Morgan fingerprint density at radius 2 is 2.19 bits per heavy atom. The number of ether oxygens (including phenoxy) is 1. The molecule has 1 aromatic heterocycles. The molecule has 2 unspecified atom stereocenters. The van der Waals surface area contributed by atoms with Gasteiger partial charge in [-0.15, -0.1) is 0 Å². The van der Waals surface area contributed by atoms with Crippen molar-refractivity contribution >= 4 is 5.91 Å². The van der Waals surface area contributed by atoms with Crippen LogP contribution >= 0.6 is 0 Å². The van der Waals surface area contributed by atoms with Crippen LogP contribution in [0.4, 0.5) is 0 Å². The van der Waals surface area contributed by atoms with Gasteiger partial charge in [0.25, 0.3) is 0 Å². The van der Waals surface area contributed by atoms with Crippen molar-refractivity contribution in [3.63, 3.8) is 0 Å². The lowest BCUT2D eigenvalue weighted by Gasteiger charge is -2.24. The van der Waals surface area contributed by atoms with Gasteiger partial charge in [-0.25, -0.2) is 0 Å². The van der Waals surface area contributed by atoms with Gasteiger partial charge in [-0.05, 0) is 30.2 Å². The van der Waals surface area contributed by atoms with Gasteiger partial charge in [0.05, 0.1) is 18.7 Å². The van der Waals surface area contributed by atoms with Crippen LogP contribution in [0, 0.1) is 5.92 Å². The first kappa shape index (κ1) is 13.7. The number of furan rings is 1. The number of aliphatic hydroxyl groups excluding tert-OH is 1. The maximum Gasteiger partial charge on any atom is 0.226 e. The van der Waals surface area contributed by atoms with Crippen LogP contribution in [0.15, 0.2) is 47.1 Å². The van der Waals surface area contributed by atoms with Crippen LogP contribution in [-0.4, -0.2) is 24.2 Å². The zero-order chi connectivity index (χ0) is 14.7. The van der Waals surface area contributed by atoms with Gasteiger partial charge in [-0.2, -0.15) is 0 Å². The fraction of sp³-hybridized carbons (Fsp3) is 0.312. The Morgan fingerprint density at radius 3 is 3.00 bits per heavy atom. The highest BCUT2D eigenvalue weighted by Crippen LogP contribution is 2.26. The Kier molecular flexibility index (Phi) is 3.92. The number of benzene rings is 1. The lowest BCUT2D eigenvalue weighted by molar-refractivity contribution is -0.126. The van der Waals surface area contributed by atoms with Crippen LogP contribution in [0.5, 0.6) is 5.75 Å². The molecule has 5 heteroatoms. The molecule has 0 radical (unpaired) electrons. The van der Waals surface area contributed by atoms with Crippen LogP contribution in [0.1, 0.15) is 17.4 Å². The van der Waals surface area contributed by atoms with Crippen molar-refractivity contribution in [2.45, 2.75) is 12.5 Å². The fourth-order valence-electron chi connectivity index (χ4n) is 2.42. The second-order valence-electron chi connectivity index (χ2n) is 5.10. The average molecular weight is 287 g/mol. The minimum Gasteiger partial charge on any atom is -0.492 e. The summed E-state index contributed by atoms with van der Waals surface area (Å²) in [5.41, 5.74) is 1.04. The van der Waals surface area contributed by atoms with Crippen LogP contribution in [-0.2, 0) is 11.2 Å². The van der Waals surface area contributed by atoms with Crippen LogP contribution in [0.3, 0.4) is 0 Å². The van der Waals surface area contributed by atoms with Crippen LogP contribution < -0.4 is 10.1 Å². The summed E-state index contributed by atoms with van der Waals surface area (Å²) >= 11 is 0. The Balaban J connectivity index is 1.55. The molecule has 21 heavy (non-hydrogen) atoms. The number of aliphatic hydroxyl groups is 1. The highest BCUT2D eigenvalue weighted by molar-refractivity contribution is 5.79. The number of hydrogen-bond donors (Lipinski definition) is 2. The van der Waals surface area contributed by atoms with Crippen molar-refractivity contribution in [2.24, 2.45) is 5.92 Å². The predicted molar refractivity (Wildman–Crippen MR) is 75.8 cm³/mol. The molecule has 5 nitrogen and oxygen atoms in total. The number of para-hydroxylation sites is 1. The molecule has 3 rings (SSSR count). The van der Waals surface area contributed by atoms with Gasteiger partial charge in [0.1, 0.15) is 24.2 Å². The van der Waals surface area contributed by atoms with E-state index < -0.39 is 6.10 Å². The molecule has 2 N–H and O–H groups in total. The minimum absolute atomic E-state index is 0.116. The molecule has 0 bridgehead atoms. The molecule has 0 saturated carbocycles. The number of hydrogen-bond acceptors (Lipinski definition) is 4. The molecule has 1 amide bonds. The second kappa shape index (κ2) is 6.01. The molecule has 2 atom stereocenters. The van der Waals surface area contributed by atoms with Gasteiger partial charge in [-0.3, -0.25) is 4.79 Å². The first-order valence-corrected chi connectivity index (χ1v) is 6.94. The van der Waals surface area contributed by atoms with Crippen molar-refractivity contribution in [1.29, 1.82) is 0 Å². The molecular weight excluding hydrogens is 270 g/mol. The van der Waals surface area contributed by atoms with E-state index in [0.29, 0.717) is 18.8 Å². The highest BCUT2D eigenvalue weighted by Gasteiger charge is 2.26. The first-order valence-electron chi connectivity index (χ1n) is 6.94. The molecule has 0 spiro atoms. The number of carbonyl (C=O) groups is 1. The number of rotatable bonds is 4.